The van der Waals surface area contributed by atoms with E-state index < -0.39 is 5.97 Å². The number of aromatic nitrogens is 1. The molecule has 6 heteroatoms. The minimum atomic E-state index is -0.999. The lowest BCUT2D eigenvalue weighted by Crippen LogP contribution is -2.18. The summed E-state index contributed by atoms with van der Waals surface area (Å²) in [6, 6.07) is 20.7. The molecule has 0 radical (unpaired) electrons. The van der Waals surface area contributed by atoms with Crippen molar-refractivity contribution >= 4 is 17.7 Å². The molecule has 160 valence electrons. The lowest BCUT2D eigenvalue weighted by atomic mass is 10.0. The first kappa shape index (κ1) is 22.2. The van der Waals surface area contributed by atoms with Gasteiger partial charge >= 0.3 is 5.97 Å². The SMILES string of the molecule is Cc1ccc(C(C)NCc2cccc(-c3ccc(NC(=O)CCC(=O)O)nc3)c2)cc1. The van der Waals surface area contributed by atoms with Gasteiger partial charge in [0, 0.05) is 30.8 Å². The van der Waals surface area contributed by atoms with Crippen molar-refractivity contribution in [3.63, 3.8) is 0 Å². The molecule has 3 rings (SSSR count). The molecule has 6 nitrogen and oxygen atoms in total. The molecule has 0 aliphatic rings. The van der Waals surface area contributed by atoms with Crippen LogP contribution in [0.4, 0.5) is 5.82 Å². The second-order valence-electron chi connectivity index (χ2n) is 7.59. The van der Waals surface area contributed by atoms with E-state index in [2.05, 4.69) is 65.9 Å². The Balaban J connectivity index is 1.59. The summed E-state index contributed by atoms with van der Waals surface area (Å²) in [6.45, 7) is 4.98. The van der Waals surface area contributed by atoms with Crippen molar-refractivity contribution in [3.8, 4) is 11.1 Å². The van der Waals surface area contributed by atoms with Crippen LogP contribution in [-0.2, 0) is 16.1 Å². The van der Waals surface area contributed by atoms with Gasteiger partial charge in [0.15, 0.2) is 0 Å². The number of carboxylic acid groups (broad SMARTS) is 1. The van der Waals surface area contributed by atoms with Crippen LogP contribution in [0.3, 0.4) is 0 Å². The van der Waals surface area contributed by atoms with Crippen LogP contribution in [0, 0.1) is 6.92 Å². The zero-order valence-electron chi connectivity index (χ0n) is 17.8. The molecule has 2 aromatic carbocycles. The van der Waals surface area contributed by atoms with Gasteiger partial charge in [-0.25, -0.2) is 4.98 Å². The van der Waals surface area contributed by atoms with Crippen molar-refractivity contribution in [3.05, 3.63) is 83.6 Å². The van der Waals surface area contributed by atoms with Gasteiger partial charge in [0.2, 0.25) is 5.91 Å². The van der Waals surface area contributed by atoms with E-state index in [1.807, 2.05) is 18.2 Å². The Bertz CT molecular complexity index is 1030. The highest BCUT2D eigenvalue weighted by Crippen LogP contribution is 2.22. The molecular formula is C25H27N3O3. The maximum Gasteiger partial charge on any atom is 0.303 e. The van der Waals surface area contributed by atoms with Crippen LogP contribution < -0.4 is 10.6 Å². The molecule has 0 saturated carbocycles. The Kier molecular flexibility index (Phi) is 7.51. The van der Waals surface area contributed by atoms with Crippen LogP contribution in [0.1, 0.15) is 42.5 Å². The van der Waals surface area contributed by atoms with Crippen LogP contribution in [0.5, 0.6) is 0 Å². The highest BCUT2D eigenvalue weighted by Gasteiger charge is 2.08. The maximum absolute atomic E-state index is 11.7. The van der Waals surface area contributed by atoms with E-state index in [0.717, 1.165) is 17.7 Å². The van der Waals surface area contributed by atoms with Crippen molar-refractivity contribution in [2.45, 2.75) is 39.3 Å². The predicted octanol–water partition coefficient (Wildman–Crippen LogP) is 4.71. The fraction of sp³-hybridized carbons (Fsp3) is 0.240. The van der Waals surface area contributed by atoms with Gasteiger partial charge in [-0.1, -0.05) is 48.0 Å². The maximum atomic E-state index is 11.7. The smallest absolute Gasteiger partial charge is 0.303 e. The minimum Gasteiger partial charge on any atom is -0.481 e. The average Bonchev–Trinajstić information content (AvgIpc) is 2.77. The summed E-state index contributed by atoms with van der Waals surface area (Å²) in [6.07, 6.45) is 1.43. The molecule has 3 N–H and O–H groups in total. The number of carboxylic acids is 1. The number of aliphatic carboxylic acids is 1. The quantitative estimate of drug-likeness (QED) is 0.469. The molecule has 1 heterocycles. The molecule has 0 bridgehead atoms. The Morgan fingerprint density at radius 3 is 2.45 bits per heavy atom. The monoisotopic (exact) mass is 417 g/mol. The van der Waals surface area contributed by atoms with Gasteiger partial charge in [-0.3, -0.25) is 9.59 Å². The fourth-order valence-electron chi connectivity index (χ4n) is 3.17. The van der Waals surface area contributed by atoms with Crippen LogP contribution in [0.25, 0.3) is 11.1 Å². The molecule has 31 heavy (non-hydrogen) atoms. The van der Waals surface area contributed by atoms with Crippen LogP contribution in [0.15, 0.2) is 66.9 Å². The first-order chi connectivity index (χ1) is 14.9. The van der Waals surface area contributed by atoms with E-state index in [4.69, 9.17) is 5.11 Å². The first-order valence-electron chi connectivity index (χ1n) is 10.3. The molecule has 0 aliphatic carbocycles. The number of hydrogen-bond donors (Lipinski definition) is 3. The fourth-order valence-corrected chi connectivity index (χ4v) is 3.17. The lowest BCUT2D eigenvalue weighted by Gasteiger charge is -2.15. The van der Waals surface area contributed by atoms with Gasteiger partial charge in [0.1, 0.15) is 5.82 Å². The summed E-state index contributed by atoms with van der Waals surface area (Å²) in [4.78, 5) is 26.6. The molecular weight excluding hydrogens is 390 g/mol. The predicted molar refractivity (Wildman–Crippen MR) is 122 cm³/mol. The number of carbonyl (C=O) groups excluding carboxylic acids is 1. The number of nitrogens with one attached hydrogen (secondary N) is 2. The van der Waals surface area contributed by atoms with Crippen molar-refractivity contribution in [2.24, 2.45) is 0 Å². The van der Waals surface area contributed by atoms with E-state index in [1.165, 1.54) is 16.7 Å². The van der Waals surface area contributed by atoms with Gasteiger partial charge in [0.25, 0.3) is 0 Å². The van der Waals surface area contributed by atoms with Crippen LogP contribution in [-0.4, -0.2) is 22.0 Å². The zero-order valence-corrected chi connectivity index (χ0v) is 17.8. The second-order valence-corrected chi connectivity index (χ2v) is 7.59. The third-order valence-electron chi connectivity index (χ3n) is 5.05. The number of benzene rings is 2. The number of nitrogens with zero attached hydrogens (tertiary/aromatic N) is 1. The minimum absolute atomic E-state index is 0.0746. The number of hydrogen-bond acceptors (Lipinski definition) is 4. The van der Waals surface area contributed by atoms with Crippen LogP contribution in [0.2, 0.25) is 0 Å². The molecule has 1 amide bonds. The third kappa shape index (κ3) is 6.76. The lowest BCUT2D eigenvalue weighted by molar-refractivity contribution is -0.138. The largest absolute Gasteiger partial charge is 0.481 e. The number of aryl methyl sites for hydroxylation is 1. The highest BCUT2D eigenvalue weighted by atomic mass is 16.4. The summed E-state index contributed by atoms with van der Waals surface area (Å²) in [5.41, 5.74) is 5.66. The number of anilines is 1. The molecule has 1 unspecified atom stereocenters. The van der Waals surface area contributed by atoms with Crippen molar-refractivity contribution in [2.75, 3.05) is 5.32 Å². The standard InChI is InChI=1S/C25H27N3O3/c1-17-6-8-20(9-7-17)18(2)26-15-19-4-3-5-21(14-19)22-10-11-23(27-16-22)28-24(29)12-13-25(30)31/h3-11,14,16,18,26H,12-13,15H2,1-2H3,(H,30,31)(H,27,28,29). The van der Waals surface area contributed by atoms with Gasteiger partial charge in [-0.05, 0) is 48.7 Å². The van der Waals surface area contributed by atoms with Crippen molar-refractivity contribution in [1.82, 2.24) is 10.3 Å². The van der Waals surface area contributed by atoms with Crippen molar-refractivity contribution < 1.29 is 14.7 Å². The number of carbonyl (C=O) groups is 2. The number of rotatable bonds is 9. The summed E-state index contributed by atoms with van der Waals surface area (Å²) >= 11 is 0. The topological polar surface area (TPSA) is 91.3 Å². The van der Waals surface area contributed by atoms with Gasteiger partial charge in [-0.15, -0.1) is 0 Å². The van der Waals surface area contributed by atoms with Gasteiger partial charge in [-0.2, -0.15) is 0 Å². The Hall–Kier alpha value is -3.51. The molecule has 0 aliphatic heterocycles. The van der Waals surface area contributed by atoms with Gasteiger partial charge in [0.05, 0.1) is 6.42 Å². The molecule has 1 aromatic heterocycles. The van der Waals surface area contributed by atoms with Crippen LogP contribution >= 0.6 is 0 Å². The highest BCUT2D eigenvalue weighted by molar-refractivity contribution is 5.91. The third-order valence-corrected chi connectivity index (χ3v) is 5.05. The zero-order chi connectivity index (χ0) is 22.2. The van der Waals surface area contributed by atoms with E-state index >= 15 is 0 Å². The van der Waals surface area contributed by atoms with Gasteiger partial charge < -0.3 is 15.7 Å². The molecule has 1 atom stereocenters. The Morgan fingerprint density at radius 1 is 1.00 bits per heavy atom. The molecule has 0 spiro atoms. The second kappa shape index (κ2) is 10.5. The average molecular weight is 418 g/mol. The summed E-state index contributed by atoms with van der Waals surface area (Å²) in [5.74, 6) is -0.955. The Labute approximate surface area is 182 Å². The molecule has 3 aromatic rings. The van der Waals surface area contributed by atoms with Crippen molar-refractivity contribution in [1.29, 1.82) is 0 Å². The molecule has 0 fully saturated rings. The summed E-state index contributed by atoms with van der Waals surface area (Å²) in [7, 11) is 0. The molecule has 0 saturated heterocycles. The Morgan fingerprint density at radius 2 is 1.77 bits per heavy atom. The number of pyridine rings is 1. The number of amides is 1. The first-order valence-corrected chi connectivity index (χ1v) is 10.3. The summed E-state index contributed by atoms with van der Waals surface area (Å²) < 4.78 is 0. The van der Waals surface area contributed by atoms with E-state index in [-0.39, 0.29) is 24.8 Å². The van der Waals surface area contributed by atoms with E-state index in [9.17, 15) is 9.59 Å². The normalized spacial score (nSPS) is 11.7. The van der Waals surface area contributed by atoms with E-state index in [1.54, 1.807) is 12.3 Å². The summed E-state index contributed by atoms with van der Waals surface area (Å²) in [5, 5.41) is 14.8. The van der Waals surface area contributed by atoms with E-state index in [0.29, 0.717) is 5.82 Å².